The van der Waals surface area contributed by atoms with Crippen LogP contribution in [0.25, 0.3) is 0 Å². The average molecular weight is 343 g/mol. The Kier molecular flexibility index (Phi) is 6.81. The van der Waals surface area contributed by atoms with Gasteiger partial charge >= 0.3 is 0 Å². The number of carbonyl (C=O) groups is 1. The molecule has 1 saturated carbocycles. The average Bonchev–Trinajstić information content (AvgIpc) is 3.01. The lowest BCUT2D eigenvalue weighted by Crippen LogP contribution is -2.40. The van der Waals surface area contributed by atoms with E-state index in [9.17, 15) is 9.18 Å². The Morgan fingerprint density at radius 1 is 1.48 bits per heavy atom. The van der Waals surface area contributed by atoms with Crippen molar-refractivity contribution in [2.45, 2.75) is 25.8 Å². The molecule has 1 amide bonds. The molecule has 0 aliphatic heterocycles. The molecule has 1 aromatic carbocycles. The van der Waals surface area contributed by atoms with Crippen LogP contribution in [-0.4, -0.2) is 37.6 Å². The summed E-state index contributed by atoms with van der Waals surface area (Å²) in [6.45, 7) is 1.82. The number of carbonyl (C=O) groups excluding carboxylic acids is 1. The van der Waals surface area contributed by atoms with Crippen molar-refractivity contribution in [3.63, 3.8) is 0 Å². The van der Waals surface area contributed by atoms with E-state index < -0.39 is 0 Å². The Morgan fingerprint density at radius 2 is 2.26 bits per heavy atom. The summed E-state index contributed by atoms with van der Waals surface area (Å²) in [6.07, 6.45) is 2.91. The largest absolute Gasteiger partial charge is 0.383 e. The summed E-state index contributed by atoms with van der Waals surface area (Å²) in [4.78, 5) is 14.7. The molecule has 1 aliphatic rings. The first-order chi connectivity index (χ1) is 11.1. The van der Waals surface area contributed by atoms with Crippen molar-refractivity contribution >= 4 is 17.5 Å². The monoisotopic (exact) mass is 342 g/mol. The van der Waals surface area contributed by atoms with Gasteiger partial charge in [0.15, 0.2) is 0 Å². The summed E-state index contributed by atoms with van der Waals surface area (Å²) in [7, 11) is 1.60. The van der Waals surface area contributed by atoms with E-state index in [0.29, 0.717) is 31.3 Å². The topological polar surface area (TPSA) is 55.6 Å². The smallest absolute Gasteiger partial charge is 0.226 e. The second kappa shape index (κ2) is 8.62. The number of nitrogens with zero attached hydrogens (tertiary/aromatic N) is 1. The molecule has 0 heterocycles. The van der Waals surface area contributed by atoms with Crippen molar-refractivity contribution in [1.82, 2.24) is 4.90 Å². The van der Waals surface area contributed by atoms with E-state index in [-0.39, 0.29) is 23.6 Å². The molecule has 0 bridgehead atoms. The summed E-state index contributed by atoms with van der Waals surface area (Å²) < 4.78 is 18.3. The Balaban J connectivity index is 2.14. The highest BCUT2D eigenvalue weighted by molar-refractivity contribution is 6.31. The third-order valence-electron chi connectivity index (χ3n) is 4.53. The molecule has 6 heteroatoms. The third-order valence-corrected chi connectivity index (χ3v) is 4.88. The normalized spacial score (nSPS) is 20.7. The molecule has 1 aromatic rings. The van der Waals surface area contributed by atoms with Gasteiger partial charge in [-0.3, -0.25) is 4.79 Å². The minimum Gasteiger partial charge on any atom is -0.383 e. The van der Waals surface area contributed by atoms with Gasteiger partial charge in [-0.1, -0.05) is 24.1 Å². The number of hydrogen-bond donors (Lipinski definition) is 1. The predicted molar refractivity (Wildman–Crippen MR) is 88.6 cm³/mol. The highest BCUT2D eigenvalue weighted by Crippen LogP contribution is 2.33. The van der Waals surface area contributed by atoms with Gasteiger partial charge in [-0.05, 0) is 43.0 Å². The number of methoxy groups -OCH3 is 1. The Labute approximate surface area is 141 Å². The second-order valence-corrected chi connectivity index (χ2v) is 6.43. The van der Waals surface area contributed by atoms with Gasteiger partial charge in [0.05, 0.1) is 6.61 Å². The number of nitrogens with two attached hydrogens (primary N) is 1. The quantitative estimate of drug-likeness (QED) is 0.829. The van der Waals surface area contributed by atoms with Gasteiger partial charge in [-0.25, -0.2) is 4.39 Å². The lowest BCUT2D eigenvalue weighted by molar-refractivity contribution is -0.137. The van der Waals surface area contributed by atoms with Gasteiger partial charge in [0.1, 0.15) is 5.82 Å². The zero-order chi connectivity index (χ0) is 16.8. The third kappa shape index (κ3) is 4.66. The van der Waals surface area contributed by atoms with Crippen LogP contribution in [0.15, 0.2) is 18.2 Å². The van der Waals surface area contributed by atoms with Crippen LogP contribution in [0.1, 0.15) is 24.8 Å². The molecular formula is C17H24ClFN2O2. The molecule has 0 saturated heterocycles. The molecule has 128 valence electrons. The van der Waals surface area contributed by atoms with Gasteiger partial charge in [0.25, 0.3) is 0 Å². The van der Waals surface area contributed by atoms with Gasteiger partial charge in [0.2, 0.25) is 5.91 Å². The fourth-order valence-electron chi connectivity index (χ4n) is 3.20. The molecule has 2 rings (SSSR count). The minimum atomic E-state index is -0.382. The lowest BCUT2D eigenvalue weighted by atomic mass is 9.94. The van der Waals surface area contributed by atoms with E-state index in [1.807, 2.05) is 0 Å². The Morgan fingerprint density at radius 3 is 2.91 bits per heavy atom. The van der Waals surface area contributed by atoms with Crippen molar-refractivity contribution in [2.75, 3.05) is 26.8 Å². The highest BCUT2D eigenvalue weighted by atomic mass is 35.5. The van der Waals surface area contributed by atoms with Crippen molar-refractivity contribution < 1.29 is 13.9 Å². The zero-order valence-electron chi connectivity index (χ0n) is 13.4. The fraction of sp³-hybridized carbons (Fsp3) is 0.588. The Bertz CT molecular complexity index is 541. The van der Waals surface area contributed by atoms with E-state index >= 15 is 0 Å². The van der Waals surface area contributed by atoms with Gasteiger partial charge in [0, 0.05) is 31.1 Å². The van der Waals surface area contributed by atoms with Crippen molar-refractivity contribution in [3.05, 3.63) is 34.6 Å². The molecule has 0 unspecified atom stereocenters. The van der Waals surface area contributed by atoms with Crippen LogP contribution in [-0.2, 0) is 16.1 Å². The van der Waals surface area contributed by atoms with Crippen LogP contribution in [0, 0.1) is 17.7 Å². The summed E-state index contributed by atoms with van der Waals surface area (Å²) in [6, 6.07) is 4.26. The number of hydrogen-bond acceptors (Lipinski definition) is 3. The van der Waals surface area contributed by atoms with E-state index in [1.54, 1.807) is 18.1 Å². The zero-order valence-corrected chi connectivity index (χ0v) is 14.2. The maximum Gasteiger partial charge on any atom is 0.226 e. The molecule has 4 nitrogen and oxygen atoms in total. The minimum absolute atomic E-state index is 0.0314. The van der Waals surface area contributed by atoms with Crippen LogP contribution in [0.5, 0.6) is 0 Å². The van der Waals surface area contributed by atoms with Crippen LogP contribution in [0.3, 0.4) is 0 Å². The maximum absolute atomic E-state index is 13.2. The number of benzene rings is 1. The van der Waals surface area contributed by atoms with Gasteiger partial charge < -0.3 is 15.4 Å². The second-order valence-electron chi connectivity index (χ2n) is 6.02. The molecular weight excluding hydrogens is 319 g/mol. The molecule has 0 radical (unpaired) electrons. The molecule has 2 N–H and O–H groups in total. The molecule has 2 atom stereocenters. The van der Waals surface area contributed by atoms with Gasteiger partial charge in [-0.2, -0.15) is 0 Å². The SMILES string of the molecule is COCCN(Cc1ccc(F)cc1Cl)C(=O)[C@@H]1CCC[C@@H]1CN. The standard InChI is InChI=1S/C17H24ClFN2O2/c1-23-8-7-21(11-13-5-6-14(19)9-16(13)18)17(22)15-4-2-3-12(15)10-20/h5-6,9,12,15H,2-4,7-8,10-11,20H2,1H3/t12-,15-/m1/s1. The predicted octanol–water partition coefficient (Wildman–Crippen LogP) is 2.83. The highest BCUT2D eigenvalue weighted by Gasteiger charge is 2.34. The number of ether oxygens (including phenoxy) is 1. The van der Waals surface area contributed by atoms with Crippen LogP contribution in [0.2, 0.25) is 5.02 Å². The van der Waals surface area contributed by atoms with Crippen molar-refractivity contribution in [1.29, 1.82) is 0 Å². The summed E-state index contributed by atoms with van der Waals surface area (Å²) in [5.41, 5.74) is 6.53. The summed E-state index contributed by atoms with van der Waals surface area (Å²) in [5.74, 6) is -0.0739. The molecule has 1 aliphatic carbocycles. The van der Waals surface area contributed by atoms with E-state index in [4.69, 9.17) is 22.1 Å². The number of halogens is 2. The van der Waals surface area contributed by atoms with Crippen molar-refractivity contribution in [2.24, 2.45) is 17.6 Å². The fourth-order valence-corrected chi connectivity index (χ4v) is 3.43. The first-order valence-corrected chi connectivity index (χ1v) is 8.36. The molecule has 23 heavy (non-hydrogen) atoms. The summed E-state index contributed by atoms with van der Waals surface area (Å²) >= 11 is 6.10. The van der Waals surface area contributed by atoms with E-state index in [0.717, 1.165) is 24.8 Å². The van der Waals surface area contributed by atoms with Crippen LogP contribution in [0.4, 0.5) is 4.39 Å². The Hall–Kier alpha value is -1.17. The summed E-state index contributed by atoms with van der Waals surface area (Å²) in [5, 5.41) is 0.335. The first-order valence-electron chi connectivity index (χ1n) is 7.98. The maximum atomic E-state index is 13.2. The lowest BCUT2D eigenvalue weighted by Gasteiger charge is -2.28. The number of amides is 1. The van der Waals surface area contributed by atoms with Crippen molar-refractivity contribution in [3.8, 4) is 0 Å². The van der Waals surface area contributed by atoms with Crippen LogP contribution < -0.4 is 5.73 Å². The van der Waals surface area contributed by atoms with Gasteiger partial charge in [-0.15, -0.1) is 0 Å². The molecule has 1 fully saturated rings. The number of rotatable bonds is 7. The van der Waals surface area contributed by atoms with Crippen LogP contribution >= 0.6 is 11.6 Å². The molecule has 0 spiro atoms. The first kappa shape index (κ1) is 18.2. The van der Waals surface area contributed by atoms with E-state index in [1.165, 1.54) is 12.1 Å². The van der Waals surface area contributed by atoms with E-state index in [2.05, 4.69) is 0 Å². The molecule has 0 aromatic heterocycles.